The fraction of sp³-hybridized carbons (Fsp3) is 0.867. The zero-order valence-electron chi connectivity index (χ0n) is 13.9. The molecular weight excluding hydrogens is 326 g/mol. The molecule has 0 aliphatic carbocycles. The van der Waals surface area contributed by atoms with Crippen LogP contribution in [0, 0.1) is 16.7 Å². The van der Waals surface area contributed by atoms with Gasteiger partial charge >= 0.3 is 12.4 Å². The number of rotatable bonds is 5. The molecular formula is C15H22F6O2. The highest BCUT2D eigenvalue weighted by molar-refractivity contribution is 5.52. The molecule has 0 aromatic carbocycles. The molecule has 0 aliphatic rings. The summed E-state index contributed by atoms with van der Waals surface area (Å²) < 4.78 is 80.2. The average molecular weight is 348 g/mol. The van der Waals surface area contributed by atoms with E-state index >= 15 is 0 Å². The van der Waals surface area contributed by atoms with Crippen molar-refractivity contribution in [2.45, 2.75) is 66.4 Å². The third-order valence-electron chi connectivity index (χ3n) is 3.90. The molecule has 0 saturated carbocycles. The molecule has 0 amide bonds. The van der Waals surface area contributed by atoms with Crippen molar-refractivity contribution in [3.05, 3.63) is 5.76 Å². The molecule has 0 aromatic rings. The van der Waals surface area contributed by atoms with E-state index in [2.05, 4.69) is 4.74 Å². The van der Waals surface area contributed by atoms with E-state index in [0.29, 0.717) is 0 Å². The standard InChI is InChI=1S/C15H22F6O2/c1-9(2)7-13(6,12(3,4)5)10(8-22)23-11(14(16,17)18)15(19,20)21/h9,11H,7H2,1-6H3. The first-order valence-corrected chi connectivity index (χ1v) is 7.02. The van der Waals surface area contributed by atoms with Crippen LogP contribution in [0.25, 0.3) is 0 Å². The van der Waals surface area contributed by atoms with Gasteiger partial charge in [0.05, 0.1) is 0 Å². The summed E-state index contributed by atoms with van der Waals surface area (Å²) in [6.45, 7) is 9.76. The highest BCUT2D eigenvalue weighted by atomic mass is 19.4. The Kier molecular flexibility index (Phi) is 6.41. The van der Waals surface area contributed by atoms with Crippen LogP contribution in [-0.4, -0.2) is 24.4 Å². The lowest BCUT2D eigenvalue weighted by atomic mass is 9.63. The number of carbonyl (C=O) groups excluding carboxylic acids is 1. The van der Waals surface area contributed by atoms with Crippen molar-refractivity contribution in [1.82, 2.24) is 0 Å². The molecule has 136 valence electrons. The molecule has 0 aromatic heterocycles. The number of hydrogen-bond donors (Lipinski definition) is 0. The van der Waals surface area contributed by atoms with E-state index in [4.69, 9.17) is 0 Å². The number of halogens is 6. The summed E-state index contributed by atoms with van der Waals surface area (Å²) in [4.78, 5) is 11.1. The van der Waals surface area contributed by atoms with Gasteiger partial charge < -0.3 is 4.74 Å². The predicted molar refractivity (Wildman–Crippen MR) is 73.2 cm³/mol. The Morgan fingerprint density at radius 2 is 1.35 bits per heavy atom. The first-order valence-electron chi connectivity index (χ1n) is 7.02. The number of alkyl halides is 6. The fourth-order valence-corrected chi connectivity index (χ4v) is 2.26. The minimum absolute atomic E-state index is 0.0820. The van der Waals surface area contributed by atoms with Gasteiger partial charge in [0, 0.05) is 5.41 Å². The van der Waals surface area contributed by atoms with Crippen LogP contribution < -0.4 is 0 Å². The molecule has 0 radical (unpaired) electrons. The summed E-state index contributed by atoms with van der Waals surface area (Å²) in [5.74, 6) is 0.132. The van der Waals surface area contributed by atoms with Crippen LogP contribution in [0.2, 0.25) is 0 Å². The second-order valence-corrected chi connectivity index (χ2v) is 7.19. The smallest absolute Gasteiger partial charge is 0.434 e. The lowest BCUT2D eigenvalue weighted by Gasteiger charge is -2.43. The van der Waals surface area contributed by atoms with E-state index in [1.807, 2.05) is 0 Å². The lowest BCUT2D eigenvalue weighted by Crippen LogP contribution is -2.47. The van der Waals surface area contributed by atoms with Crippen molar-refractivity contribution in [1.29, 1.82) is 0 Å². The fourth-order valence-electron chi connectivity index (χ4n) is 2.26. The van der Waals surface area contributed by atoms with Crippen molar-refractivity contribution >= 4 is 5.94 Å². The number of hydrogen-bond acceptors (Lipinski definition) is 2. The first kappa shape index (κ1) is 21.8. The quantitative estimate of drug-likeness (QED) is 0.382. The molecule has 0 aliphatic heterocycles. The van der Waals surface area contributed by atoms with Gasteiger partial charge in [-0.25, -0.2) is 4.79 Å². The van der Waals surface area contributed by atoms with Gasteiger partial charge in [-0.1, -0.05) is 41.5 Å². The van der Waals surface area contributed by atoms with Crippen LogP contribution in [0.5, 0.6) is 0 Å². The summed E-state index contributed by atoms with van der Waals surface area (Å²) in [7, 11) is 0. The van der Waals surface area contributed by atoms with Gasteiger partial charge in [0.1, 0.15) is 0 Å². The highest BCUT2D eigenvalue weighted by Crippen LogP contribution is 2.50. The largest absolute Gasteiger partial charge is 0.464 e. The molecule has 0 bridgehead atoms. The molecule has 2 nitrogen and oxygen atoms in total. The zero-order valence-corrected chi connectivity index (χ0v) is 13.9. The molecule has 8 heteroatoms. The van der Waals surface area contributed by atoms with Crippen LogP contribution in [0.1, 0.15) is 48.0 Å². The summed E-state index contributed by atoms with van der Waals surface area (Å²) in [5, 5.41) is 0. The van der Waals surface area contributed by atoms with Crippen molar-refractivity contribution in [3.8, 4) is 0 Å². The van der Waals surface area contributed by atoms with Gasteiger partial charge in [0.2, 0.25) is 0 Å². The van der Waals surface area contributed by atoms with Gasteiger partial charge in [-0.15, -0.1) is 0 Å². The number of ether oxygens (including phenoxy) is 1. The topological polar surface area (TPSA) is 26.3 Å². The molecule has 0 spiro atoms. The normalized spacial score (nSPS) is 16.3. The van der Waals surface area contributed by atoms with Gasteiger partial charge in [-0.05, 0) is 17.8 Å². The van der Waals surface area contributed by atoms with Gasteiger partial charge in [0.15, 0.2) is 11.7 Å². The van der Waals surface area contributed by atoms with Crippen molar-refractivity contribution < 1.29 is 35.9 Å². The third-order valence-corrected chi connectivity index (χ3v) is 3.90. The maximum absolute atomic E-state index is 12.7. The predicted octanol–water partition coefficient (Wildman–Crippen LogP) is 5.31. The van der Waals surface area contributed by atoms with Crippen molar-refractivity contribution in [2.24, 2.45) is 16.7 Å². The van der Waals surface area contributed by atoms with E-state index in [9.17, 15) is 31.1 Å². The van der Waals surface area contributed by atoms with Crippen LogP contribution in [0.15, 0.2) is 5.76 Å². The Labute approximate surface area is 131 Å². The highest BCUT2D eigenvalue weighted by Gasteiger charge is 2.61. The second-order valence-electron chi connectivity index (χ2n) is 7.19. The third kappa shape index (κ3) is 5.44. The Morgan fingerprint density at radius 1 is 0.957 bits per heavy atom. The van der Waals surface area contributed by atoms with Gasteiger partial charge in [0.25, 0.3) is 6.10 Å². The Hall–Kier alpha value is -1.17. The molecule has 0 N–H and O–H groups in total. The van der Waals surface area contributed by atoms with Crippen molar-refractivity contribution in [2.75, 3.05) is 0 Å². The van der Waals surface area contributed by atoms with E-state index in [0.717, 1.165) is 0 Å². The second kappa shape index (κ2) is 6.75. The molecule has 0 fully saturated rings. The number of allylic oxidation sites excluding steroid dienone is 1. The summed E-state index contributed by atoms with van der Waals surface area (Å²) in [5.41, 5.74) is -2.15. The maximum atomic E-state index is 12.7. The molecule has 0 heterocycles. The van der Waals surface area contributed by atoms with E-state index in [1.54, 1.807) is 34.6 Å². The van der Waals surface area contributed by atoms with Crippen LogP contribution >= 0.6 is 0 Å². The van der Waals surface area contributed by atoms with Crippen LogP contribution in [0.4, 0.5) is 26.3 Å². The van der Waals surface area contributed by atoms with E-state index < -0.39 is 35.0 Å². The minimum Gasteiger partial charge on any atom is -0.464 e. The Bertz CT molecular complexity index is 438. The van der Waals surface area contributed by atoms with Crippen molar-refractivity contribution in [3.63, 3.8) is 0 Å². The zero-order chi connectivity index (χ0) is 18.9. The Balaban J connectivity index is 5.94. The average Bonchev–Trinajstić information content (AvgIpc) is 2.23. The van der Waals surface area contributed by atoms with Gasteiger partial charge in [-0.2, -0.15) is 26.3 Å². The van der Waals surface area contributed by atoms with E-state index in [-0.39, 0.29) is 12.3 Å². The summed E-state index contributed by atoms with van der Waals surface area (Å²) >= 11 is 0. The van der Waals surface area contributed by atoms with E-state index in [1.165, 1.54) is 12.9 Å². The maximum Gasteiger partial charge on any atom is 0.434 e. The summed E-state index contributed by atoms with van der Waals surface area (Å²) in [6, 6.07) is 0. The molecule has 0 saturated heterocycles. The molecule has 1 atom stereocenters. The van der Waals surface area contributed by atoms with Crippen LogP contribution in [-0.2, 0) is 9.53 Å². The molecule has 23 heavy (non-hydrogen) atoms. The first-order chi connectivity index (χ1) is 9.96. The SMILES string of the molecule is CC(C)CC(C)(C(=C=O)OC(C(F)(F)F)C(F)(F)F)C(C)(C)C. The van der Waals surface area contributed by atoms with Crippen LogP contribution in [0.3, 0.4) is 0 Å². The lowest BCUT2D eigenvalue weighted by molar-refractivity contribution is -0.316. The molecule has 0 rings (SSSR count). The summed E-state index contributed by atoms with van der Waals surface area (Å²) in [6.07, 6.45) is -15.3. The Morgan fingerprint density at radius 3 is 1.57 bits per heavy atom. The minimum atomic E-state index is -5.68. The molecule has 1 unspecified atom stereocenters. The monoisotopic (exact) mass is 348 g/mol. The van der Waals surface area contributed by atoms with Gasteiger partial charge in [-0.3, -0.25) is 0 Å².